The standard InChI is InChI=1S/C16H16F5OPS2/c1-7(2)8-4-5-16(3)9(6-8)22-23(25-16)24-15-13(20)11(18)10(17)12(19)14(15)21/h8-9H,1,4-6H2,2-3H3/t8-,9+,16+,23-/m0/s1. The van der Waals surface area contributed by atoms with Crippen LogP contribution in [0.25, 0.3) is 0 Å². The summed E-state index contributed by atoms with van der Waals surface area (Å²) in [6.45, 7) is 6.50. The summed E-state index contributed by atoms with van der Waals surface area (Å²) in [4.78, 5) is -0.867. The molecule has 4 atom stereocenters. The molecular formula is C16H16F5OPS2. The van der Waals surface area contributed by atoms with Crippen molar-refractivity contribution < 1.29 is 26.5 Å². The maximum atomic E-state index is 13.9. The Labute approximate surface area is 152 Å². The molecule has 0 amide bonds. The number of fused-ring (bicyclic) bond motifs is 1. The van der Waals surface area contributed by atoms with E-state index in [1.54, 1.807) is 0 Å². The van der Waals surface area contributed by atoms with Crippen LogP contribution in [0, 0.1) is 35.0 Å². The van der Waals surface area contributed by atoms with E-state index in [0.717, 1.165) is 24.8 Å². The highest BCUT2D eigenvalue weighted by Crippen LogP contribution is 2.77. The minimum absolute atomic E-state index is 0.118. The molecule has 9 heteroatoms. The molecule has 1 aromatic carbocycles. The molecule has 1 nitrogen and oxygen atoms in total. The van der Waals surface area contributed by atoms with Gasteiger partial charge in [0.2, 0.25) is 5.82 Å². The maximum Gasteiger partial charge on any atom is 0.200 e. The van der Waals surface area contributed by atoms with E-state index in [1.807, 2.05) is 13.8 Å². The van der Waals surface area contributed by atoms with Gasteiger partial charge in [0.15, 0.2) is 29.8 Å². The van der Waals surface area contributed by atoms with Crippen LogP contribution in [-0.2, 0) is 4.52 Å². The Kier molecular flexibility index (Phi) is 5.47. The molecule has 1 aromatic rings. The lowest BCUT2D eigenvalue weighted by molar-refractivity contribution is 0.130. The number of hydrogen-bond acceptors (Lipinski definition) is 3. The molecule has 1 aliphatic carbocycles. The van der Waals surface area contributed by atoms with Crippen LogP contribution < -0.4 is 0 Å². The van der Waals surface area contributed by atoms with Gasteiger partial charge in [-0.3, -0.25) is 0 Å². The van der Waals surface area contributed by atoms with E-state index in [0.29, 0.717) is 17.3 Å². The van der Waals surface area contributed by atoms with Crippen molar-refractivity contribution in [2.24, 2.45) is 5.92 Å². The Hall–Kier alpha value is -0.300. The molecule has 2 aliphatic rings. The monoisotopic (exact) mass is 414 g/mol. The molecule has 138 valence electrons. The number of halogens is 5. The molecule has 1 saturated carbocycles. The van der Waals surface area contributed by atoms with Crippen molar-refractivity contribution in [3.8, 4) is 0 Å². The summed E-state index contributed by atoms with van der Waals surface area (Å²) >= 11 is 2.04. The van der Waals surface area contributed by atoms with E-state index in [-0.39, 0.29) is 10.9 Å². The highest BCUT2D eigenvalue weighted by Gasteiger charge is 2.50. The van der Waals surface area contributed by atoms with Crippen molar-refractivity contribution in [2.45, 2.75) is 48.9 Å². The zero-order valence-corrected chi connectivity index (χ0v) is 16.1. The Morgan fingerprint density at radius 3 is 2.28 bits per heavy atom. The molecule has 2 fully saturated rings. The molecule has 25 heavy (non-hydrogen) atoms. The van der Waals surface area contributed by atoms with Crippen LogP contribution in [0.15, 0.2) is 17.0 Å². The van der Waals surface area contributed by atoms with E-state index >= 15 is 0 Å². The van der Waals surface area contributed by atoms with Gasteiger partial charge in [0, 0.05) is 4.75 Å². The van der Waals surface area contributed by atoms with Gasteiger partial charge in [0.1, 0.15) is 0 Å². The second-order valence-electron chi connectivity index (χ2n) is 6.53. The fraction of sp³-hybridized carbons (Fsp3) is 0.500. The Balaban J connectivity index is 1.81. The Bertz CT molecular complexity index is 702. The highest BCUT2D eigenvalue weighted by molar-refractivity contribution is 8.87. The van der Waals surface area contributed by atoms with E-state index in [4.69, 9.17) is 4.52 Å². The van der Waals surface area contributed by atoms with E-state index < -0.39 is 40.5 Å². The summed E-state index contributed by atoms with van der Waals surface area (Å²) in [5.74, 6) is -9.26. The summed E-state index contributed by atoms with van der Waals surface area (Å²) in [6, 6.07) is 0. The van der Waals surface area contributed by atoms with Crippen molar-refractivity contribution in [3.05, 3.63) is 41.2 Å². The second-order valence-corrected chi connectivity index (χ2v) is 12.7. The number of hydrogen-bond donors (Lipinski definition) is 0. The van der Waals surface area contributed by atoms with Crippen LogP contribution >= 0.6 is 29.3 Å². The fourth-order valence-corrected chi connectivity index (χ4v) is 11.2. The highest BCUT2D eigenvalue weighted by atomic mass is 33.1. The molecule has 1 saturated heterocycles. The predicted octanol–water partition coefficient (Wildman–Crippen LogP) is 6.97. The van der Waals surface area contributed by atoms with Crippen LogP contribution in [0.5, 0.6) is 0 Å². The van der Waals surface area contributed by atoms with Crippen molar-refractivity contribution in [2.75, 3.05) is 0 Å². The van der Waals surface area contributed by atoms with Gasteiger partial charge in [-0.2, -0.15) is 0 Å². The molecule has 0 unspecified atom stereocenters. The Morgan fingerprint density at radius 1 is 1.16 bits per heavy atom. The molecule has 0 bridgehead atoms. The number of rotatable bonds is 3. The van der Waals surface area contributed by atoms with Gasteiger partial charge in [-0.05, 0) is 39.0 Å². The average Bonchev–Trinajstić information content (AvgIpc) is 2.90. The summed E-state index contributed by atoms with van der Waals surface area (Å²) < 4.78 is 73.4. The first-order valence-corrected chi connectivity index (χ1v) is 11.7. The number of allylic oxidation sites excluding steroid dienone is 1. The third-order valence-electron chi connectivity index (χ3n) is 4.70. The van der Waals surface area contributed by atoms with Gasteiger partial charge >= 0.3 is 0 Å². The first-order valence-electron chi connectivity index (χ1n) is 7.65. The van der Waals surface area contributed by atoms with Gasteiger partial charge in [0.25, 0.3) is 0 Å². The first-order chi connectivity index (χ1) is 11.6. The third-order valence-corrected chi connectivity index (χ3v) is 11.4. The maximum absolute atomic E-state index is 13.9. The van der Waals surface area contributed by atoms with Gasteiger partial charge in [-0.15, -0.1) is 0 Å². The van der Waals surface area contributed by atoms with Crippen LogP contribution in [0.4, 0.5) is 22.0 Å². The molecule has 0 radical (unpaired) electrons. The zero-order chi connectivity index (χ0) is 18.5. The fourth-order valence-electron chi connectivity index (χ4n) is 3.03. The van der Waals surface area contributed by atoms with Gasteiger partial charge in [-0.1, -0.05) is 34.9 Å². The summed E-state index contributed by atoms with van der Waals surface area (Å²) in [7, 11) is 0. The third kappa shape index (κ3) is 3.47. The lowest BCUT2D eigenvalue weighted by atomic mass is 9.77. The summed E-state index contributed by atoms with van der Waals surface area (Å²) in [6.07, 6.45) is 2.45. The molecular weight excluding hydrogens is 398 g/mol. The molecule has 0 spiro atoms. The van der Waals surface area contributed by atoms with Crippen LogP contribution in [0.3, 0.4) is 0 Å². The largest absolute Gasteiger partial charge is 0.334 e. The van der Waals surface area contributed by atoms with Crippen LogP contribution in [0.2, 0.25) is 0 Å². The molecule has 3 rings (SSSR count). The smallest absolute Gasteiger partial charge is 0.200 e. The molecule has 1 aliphatic heterocycles. The van der Waals surface area contributed by atoms with E-state index in [9.17, 15) is 22.0 Å². The normalized spacial score (nSPS) is 31.9. The molecule has 1 heterocycles. The van der Waals surface area contributed by atoms with Gasteiger partial charge in [-0.25, -0.2) is 22.0 Å². The minimum Gasteiger partial charge on any atom is -0.334 e. The lowest BCUT2D eigenvalue weighted by Crippen LogP contribution is -2.39. The number of benzene rings is 1. The van der Waals surface area contributed by atoms with Crippen LogP contribution in [0.1, 0.15) is 33.1 Å². The topological polar surface area (TPSA) is 9.23 Å². The first kappa shape index (κ1) is 19.5. The van der Waals surface area contributed by atoms with E-state index in [1.165, 1.54) is 11.4 Å². The summed E-state index contributed by atoms with van der Waals surface area (Å²) in [5.41, 5.74) is 1.07. The SMILES string of the molecule is C=C(C)[C@H]1CC[C@@]2(C)S[P@](Sc3c(F)c(F)c(F)c(F)c3F)O[C@@H]2C1. The average molecular weight is 414 g/mol. The van der Waals surface area contributed by atoms with Gasteiger partial charge < -0.3 is 4.52 Å². The van der Waals surface area contributed by atoms with Gasteiger partial charge in [0.05, 0.1) is 11.0 Å². The quantitative estimate of drug-likeness (QED) is 0.174. The molecule has 0 N–H and O–H groups in total. The van der Waals surface area contributed by atoms with E-state index in [2.05, 4.69) is 6.58 Å². The lowest BCUT2D eigenvalue weighted by Gasteiger charge is -2.37. The minimum atomic E-state index is -2.14. The van der Waals surface area contributed by atoms with Crippen molar-refractivity contribution >= 4 is 29.3 Å². The summed E-state index contributed by atoms with van der Waals surface area (Å²) in [5, 5.41) is 0. The zero-order valence-electron chi connectivity index (χ0n) is 13.5. The predicted molar refractivity (Wildman–Crippen MR) is 92.0 cm³/mol. The van der Waals surface area contributed by atoms with Crippen molar-refractivity contribution in [1.82, 2.24) is 0 Å². The van der Waals surface area contributed by atoms with Crippen molar-refractivity contribution in [1.29, 1.82) is 0 Å². The Morgan fingerprint density at radius 2 is 1.72 bits per heavy atom. The van der Waals surface area contributed by atoms with Crippen LogP contribution in [-0.4, -0.2) is 10.9 Å². The second kappa shape index (κ2) is 7.02. The van der Waals surface area contributed by atoms with Crippen molar-refractivity contribution in [3.63, 3.8) is 0 Å². The molecule has 0 aromatic heterocycles.